The van der Waals surface area contributed by atoms with E-state index in [1.807, 2.05) is 0 Å². The van der Waals surface area contributed by atoms with Crippen molar-refractivity contribution in [2.45, 2.75) is 39.7 Å². The van der Waals surface area contributed by atoms with E-state index in [9.17, 15) is 0 Å². The second-order valence-corrected chi connectivity index (χ2v) is 5.49. The topological polar surface area (TPSA) is 38.5 Å². The van der Waals surface area contributed by atoms with Crippen molar-refractivity contribution < 1.29 is 4.74 Å². The van der Waals surface area contributed by atoms with Crippen molar-refractivity contribution in [3.63, 3.8) is 0 Å². The molecule has 0 amide bonds. The van der Waals surface area contributed by atoms with Gasteiger partial charge in [-0.2, -0.15) is 0 Å². The van der Waals surface area contributed by atoms with Crippen LogP contribution >= 0.6 is 0 Å². The standard InChI is InChI=1S/C13H28N2O/c1-11(2)10-16-7-6-15-9-13(8-14)5-4-12(15)3/h11-13H,4-10,14H2,1-3H3. The molecule has 0 bridgehead atoms. The summed E-state index contributed by atoms with van der Waals surface area (Å²) in [5, 5.41) is 0. The van der Waals surface area contributed by atoms with E-state index in [2.05, 4.69) is 25.7 Å². The molecule has 0 aromatic carbocycles. The lowest BCUT2D eigenvalue weighted by molar-refractivity contribution is 0.0518. The number of ether oxygens (including phenoxy) is 1. The fourth-order valence-corrected chi connectivity index (χ4v) is 2.27. The number of piperidine rings is 1. The van der Waals surface area contributed by atoms with Crippen LogP contribution in [0.15, 0.2) is 0 Å². The van der Waals surface area contributed by atoms with Crippen LogP contribution in [0.3, 0.4) is 0 Å². The van der Waals surface area contributed by atoms with Crippen molar-refractivity contribution in [2.24, 2.45) is 17.6 Å². The summed E-state index contributed by atoms with van der Waals surface area (Å²) in [6.45, 7) is 11.5. The van der Waals surface area contributed by atoms with Crippen LogP contribution in [0.2, 0.25) is 0 Å². The molecule has 16 heavy (non-hydrogen) atoms. The average Bonchev–Trinajstić information content (AvgIpc) is 2.26. The van der Waals surface area contributed by atoms with Crippen molar-refractivity contribution >= 4 is 0 Å². The van der Waals surface area contributed by atoms with Gasteiger partial charge in [0, 0.05) is 25.7 Å². The number of nitrogens with two attached hydrogens (primary N) is 1. The summed E-state index contributed by atoms with van der Waals surface area (Å²) < 4.78 is 5.64. The molecule has 0 radical (unpaired) electrons. The fraction of sp³-hybridized carbons (Fsp3) is 1.00. The van der Waals surface area contributed by atoms with Gasteiger partial charge >= 0.3 is 0 Å². The van der Waals surface area contributed by atoms with Crippen molar-refractivity contribution in [2.75, 3.05) is 32.8 Å². The Morgan fingerprint density at radius 2 is 2.12 bits per heavy atom. The molecule has 0 aromatic heterocycles. The van der Waals surface area contributed by atoms with Gasteiger partial charge in [-0.3, -0.25) is 4.90 Å². The molecule has 1 aliphatic rings. The highest BCUT2D eigenvalue weighted by atomic mass is 16.5. The van der Waals surface area contributed by atoms with Crippen LogP contribution in [-0.2, 0) is 4.74 Å². The maximum Gasteiger partial charge on any atom is 0.0593 e. The maximum atomic E-state index is 5.75. The van der Waals surface area contributed by atoms with Gasteiger partial charge in [-0.25, -0.2) is 0 Å². The molecule has 1 saturated heterocycles. The van der Waals surface area contributed by atoms with Gasteiger partial charge < -0.3 is 10.5 Å². The van der Waals surface area contributed by atoms with Crippen molar-refractivity contribution in [3.05, 3.63) is 0 Å². The van der Waals surface area contributed by atoms with E-state index in [1.165, 1.54) is 12.8 Å². The molecule has 1 fully saturated rings. The lowest BCUT2D eigenvalue weighted by atomic mass is 9.94. The molecular weight excluding hydrogens is 200 g/mol. The molecule has 1 rings (SSSR count). The van der Waals surface area contributed by atoms with Crippen LogP contribution in [0, 0.1) is 11.8 Å². The molecule has 2 N–H and O–H groups in total. The Morgan fingerprint density at radius 3 is 2.75 bits per heavy atom. The van der Waals surface area contributed by atoms with E-state index < -0.39 is 0 Å². The zero-order valence-corrected chi connectivity index (χ0v) is 11.1. The normalized spacial score (nSPS) is 27.6. The molecule has 2 unspecified atom stereocenters. The van der Waals surface area contributed by atoms with Gasteiger partial charge in [0.2, 0.25) is 0 Å². The Hall–Kier alpha value is -0.120. The first kappa shape index (κ1) is 13.9. The van der Waals surface area contributed by atoms with E-state index in [1.54, 1.807) is 0 Å². The SMILES string of the molecule is CC(C)COCCN1CC(CN)CCC1C. The van der Waals surface area contributed by atoms with Crippen molar-refractivity contribution in [1.29, 1.82) is 0 Å². The molecular formula is C13H28N2O. The molecule has 0 aliphatic carbocycles. The Balaban J connectivity index is 2.18. The third kappa shape index (κ3) is 4.81. The summed E-state index contributed by atoms with van der Waals surface area (Å²) in [5.41, 5.74) is 5.75. The second kappa shape index (κ2) is 7.25. The zero-order chi connectivity index (χ0) is 12.0. The second-order valence-electron chi connectivity index (χ2n) is 5.49. The molecule has 0 aromatic rings. The highest BCUT2D eigenvalue weighted by Crippen LogP contribution is 2.20. The van der Waals surface area contributed by atoms with E-state index in [-0.39, 0.29) is 0 Å². The largest absolute Gasteiger partial charge is 0.380 e. The van der Waals surface area contributed by atoms with E-state index >= 15 is 0 Å². The van der Waals surface area contributed by atoms with Gasteiger partial charge in [0.1, 0.15) is 0 Å². The first-order chi connectivity index (χ1) is 7.63. The molecule has 0 saturated carbocycles. The fourth-order valence-electron chi connectivity index (χ4n) is 2.27. The molecule has 96 valence electrons. The predicted octanol–water partition coefficient (Wildman–Crippen LogP) is 1.72. The Labute approximate surface area is 100 Å². The predicted molar refractivity (Wildman–Crippen MR) is 68.5 cm³/mol. The van der Waals surface area contributed by atoms with E-state index in [0.29, 0.717) is 17.9 Å². The molecule has 3 nitrogen and oxygen atoms in total. The quantitative estimate of drug-likeness (QED) is 0.704. The van der Waals surface area contributed by atoms with Gasteiger partial charge in [0.25, 0.3) is 0 Å². The minimum absolute atomic E-state index is 0.635. The summed E-state index contributed by atoms with van der Waals surface area (Å²) >= 11 is 0. The number of hydrogen-bond acceptors (Lipinski definition) is 3. The van der Waals surface area contributed by atoms with Gasteiger partial charge in [-0.15, -0.1) is 0 Å². The number of hydrogen-bond donors (Lipinski definition) is 1. The third-order valence-corrected chi connectivity index (χ3v) is 3.42. The monoisotopic (exact) mass is 228 g/mol. The molecule has 1 aliphatic heterocycles. The van der Waals surface area contributed by atoms with Crippen LogP contribution in [0.4, 0.5) is 0 Å². The van der Waals surface area contributed by atoms with Crippen LogP contribution in [0.1, 0.15) is 33.6 Å². The molecule has 1 heterocycles. The lowest BCUT2D eigenvalue weighted by Gasteiger charge is -2.37. The number of nitrogens with zero attached hydrogens (tertiary/aromatic N) is 1. The van der Waals surface area contributed by atoms with Gasteiger partial charge in [-0.05, 0) is 38.1 Å². The first-order valence-electron chi connectivity index (χ1n) is 6.65. The van der Waals surface area contributed by atoms with Crippen molar-refractivity contribution in [3.8, 4) is 0 Å². The minimum Gasteiger partial charge on any atom is -0.380 e. The van der Waals surface area contributed by atoms with Crippen LogP contribution in [0.25, 0.3) is 0 Å². The van der Waals surface area contributed by atoms with E-state index in [0.717, 1.165) is 32.8 Å². The molecule has 2 atom stereocenters. The maximum absolute atomic E-state index is 5.75. The smallest absolute Gasteiger partial charge is 0.0593 e. The summed E-state index contributed by atoms with van der Waals surface area (Å²) in [6, 6.07) is 0.699. The van der Waals surface area contributed by atoms with Gasteiger partial charge in [0.15, 0.2) is 0 Å². The highest BCUT2D eigenvalue weighted by Gasteiger charge is 2.23. The van der Waals surface area contributed by atoms with Crippen LogP contribution in [-0.4, -0.2) is 43.8 Å². The van der Waals surface area contributed by atoms with Gasteiger partial charge in [-0.1, -0.05) is 13.8 Å². The summed E-state index contributed by atoms with van der Waals surface area (Å²) in [6.07, 6.45) is 2.58. The minimum atomic E-state index is 0.635. The summed E-state index contributed by atoms with van der Waals surface area (Å²) in [7, 11) is 0. The summed E-state index contributed by atoms with van der Waals surface area (Å²) in [5.74, 6) is 1.33. The summed E-state index contributed by atoms with van der Waals surface area (Å²) in [4.78, 5) is 2.53. The zero-order valence-electron chi connectivity index (χ0n) is 11.1. The molecule has 0 spiro atoms. The number of rotatable bonds is 6. The Kier molecular flexibility index (Phi) is 6.32. The average molecular weight is 228 g/mol. The third-order valence-electron chi connectivity index (χ3n) is 3.42. The first-order valence-corrected chi connectivity index (χ1v) is 6.65. The Morgan fingerprint density at radius 1 is 1.38 bits per heavy atom. The van der Waals surface area contributed by atoms with Crippen molar-refractivity contribution in [1.82, 2.24) is 4.90 Å². The molecule has 3 heteroatoms. The van der Waals surface area contributed by atoms with Gasteiger partial charge in [0.05, 0.1) is 6.61 Å². The lowest BCUT2D eigenvalue weighted by Crippen LogP contribution is -2.45. The number of likely N-dealkylation sites (tertiary alicyclic amines) is 1. The van der Waals surface area contributed by atoms with Crippen LogP contribution in [0.5, 0.6) is 0 Å². The highest BCUT2D eigenvalue weighted by molar-refractivity contribution is 4.79. The van der Waals surface area contributed by atoms with E-state index in [4.69, 9.17) is 10.5 Å². The van der Waals surface area contributed by atoms with Crippen LogP contribution < -0.4 is 5.73 Å². The Bertz CT molecular complexity index is 185.